The minimum Gasteiger partial charge on any atom is -0.491 e. The predicted molar refractivity (Wildman–Crippen MR) is 139 cm³/mol. The van der Waals surface area contributed by atoms with Gasteiger partial charge in [-0.2, -0.15) is 0 Å². The number of fused-ring (bicyclic) bond motifs is 3. The first-order valence-electron chi connectivity index (χ1n) is 12.2. The minimum atomic E-state index is -0.617. The number of amides is 2. The van der Waals surface area contributed by atoms with Crippen molar-refractivity contribution in [1.29, 1.82) is 0 Å². The number of carbonyl (C=O) groups excluding carboxylic acids is 2. The molecule has 0 atom stereocenters. The molecule has 0 aliphatic carbocycles. The molecule has 2 bridgehead atoms. The molecule has 1 aromatic heterocycles. The Labute approximate surface area is 212 Å². The van der Waals surface area contributed by atoms with Crippen molar-refractivity contribution in [1.82, 2.24) is 14.8 Å². The maximum Gasteiger partial charge on any atom is 0.410 e. The second-order valence-corrected chi connectivity index (χ2v) is 9.98. The monoisotopic (exact) mass is 487 g/mol. The van der Waals surface area contributed by atoms with Gasteiger partial charge in [0.05, 0.1) is 6.54 Å². The van der Waals surface area contributed by atoms with Gasteiger partial charge in [-0.05, 0) is 67.8 Å². The van der Waals surface area contributed by atoms with E-state index < -0.39 is 11.7 Å². The lowest BCUT2D eigenvalue weighted by molar-refractivity contribution is 0.0209. The summed E-state index contributed by atoms with van der Waals surface area (Å²) in [6.45, 7) is 6.88. The third kappa shape index (κ3) is 6.42. The van der Waals surface area contributed by atoms with E-state index in [1.807, 2.05) is 75.5 Å². The van der Waals surface area contributed by atoms with Crippen LogP contribution in [0.25, 0.3) is 11.1 Å². The van der Waals surface area contributed by atoms with Gasteiger partial charge in [-0.1, -0.05) is 24.3 Å². The van der Waals surface area contributed by atoms with Crippen molar-refractivity contribution in [3.05, 3.63) is 83.7 Å². The van der Waals surface area contributed by atoms with Crippen LogP contribution in [0.15, 0.2) is 67.0 Å². The van der Waals surface area contributed by atoms with Crippen LogP contribution in [-0.2, 0) is 11.2 Å². The molecule has 7 heteroatoms. The molecule has 36 heavy (non-hydrogen) atoms. The number of benzene rings is 2. The van der Waals surface area contributed by atoms with Crippen LogP contribution in [0.4, 0.5) is 4.79 Å². The van der Waals surface area contributed by atoms with Gasteiger partial charge >= 0.3 is 6.09 Å². The van der Waals surface area contributed by atoms with Crippen LogP contribution < -0.4 is 4.74 Å². The molecule has 0 N–H and O–H groups in total. The third-order valence-electron chi connectivity index (χ3n) is 5.95. The molecule has 0 saturated carbocycles. The molecule has 2 aromatic carbocycles. The van der Waals surface area contributed by atoms with Crippen LogP contribution in [0.2, 0.25) is 0 Å². The molecule has 188 valence electrons. The van der Waals surface area contributed by atoms with E-state index in [9.17, 15) is 9.59 Å². The largest absolute Gasteiger partial charge is 0.491 e. The van der Waals surface area contributed by atoms with Gasteiger partial charge in [0.15, 0.2) is 0 Å². The average Bonchev–Trinajstić information content (AvgIpc) is 2.85. The first kappa shape index (κ1) is 25.2. The Morgan fingerprint density at radius 1 is 0.972 bits per heavy atom. The Kier molecular flexibility index (Phi) is 7.58. The fraction of sp³-hybridized carbons (Fsp3) is 0.345. The van der Waals surface area contributed by atoms with Crippen LogP contribution in [0, 0.1) is 0 Å². The Morgan fingerprint density at radius 2 is 1.78 bits per heavy atom. The molecule has 0 radical (unpaired) electrons. The number of nitrogens with zero attached hydrogens (tertiary/aromatic N) is 3. The number of aromatic nitrogens is 1. The van der Waals surface area contributed by atoms with Crippen LogP contribution >= 0.6 is 0 Å². The van der Waals surface area contributed by atoms with Gasteiger partial charge < -0.3 is 19.3 Å². The summed E-state index contributed by atoms with van der Waals surface area (Å²) in [6, 6.07) is 17.7. The van der Waals surface area contributed by atoms with Gasteiger partial charge in [-0.25, -0.2) is 4.79 Å². The zero-order valence-corrected chi connectivity index (χ0v) is 21.4. The Bertz CT molecular complexity index is 1220. The molecule has 4 rings (SSSR count). The summed E-state index contributed by atoms with van der Waals surface area (Å²) in [6.07, 6.45) is 3.76. The lowest BCUT2D eigenvalue weighted by Crippen LogP contribution is -2.43. The zero-order valence-electron chi connectivity index (χ0n) is 21.4. The van der Waals surface area contributed by atoms with E-state index >= 15 is 0 Å². The van der Waals surface area contributed by atoms with E-state index in [0.717, 1.165) is 28.0 Å². The SMILES string of the molecule is CN1CCN(C(=O)OC(C)(C)C)CCOc2ccc(-c3cccnc3)cc2Cc2cccc(c2)C1=O. The molecule has 3 aromatic rings. The average molecular weight is 488 g/mol. The minimum absolute atomic E-state index is 0.0846. The lowest BCUT2D eigenvalue weighted by Gasteiger charge is -2.29. The van der Waals surface area contributed by atoms with Crippen molar-refractivity contribution in [2.24, 2.45) is 0 Å². The highest BCUT2D eigenvalue weighted by Gasteiger charge is 2.24. The number of ether oxygens (including phenoxy) is 2. The summed E-state index contributed by atoms with van der Waals surface area (Å²) < 4.78 is 11.8. The highest BCUT2D eigenvalue weighted by Crippen LogP contribution is 2.29. The van der Waals surface area contributed by atoms with Crippen molar-refractivity contribution >= 4 is 12.0 Å². The molecular formula is C29H33N3O4. The highest BCUT2D eigenvalue weighted by atomic mass is 16.6. The van der Waals surface area contributed by atoms with Gasteiger partial charge in [0, 0.05) is 50.1 Å². The summed E-state index contributed by atoms with van der Waals surface area (Å²) in [7, 11) is 1.75. The van der Waals surface area contributed by atoms with E-state index in [0.29, 0.717) is 38.2 Å². The number of likely N-dealkylation sites (N-methyl/N-ethyl adjacent to an activating group) is 1. The highest BCUT2D eigenvalue weighted by molar-refractivity contribution is 5.94. The molecule has 0 fully saturated rings. The lowest BCUT2D eigenvalue weighted by atomic mass is 9.98. The summed E-state index contributed by atoms with van der Waals surface area (Å²) in [5, 5.41) is 0. The van der Waals surface area contributed by atoms with E-state index in [1.165, 1.54) is 0 Å². The molecule has 7 nitrogen and oxygen atoms in total. The maximum absolute atomic E-state index is 13.1. The third-order valence-corrected chi connectivity index (χ3v) is 5.95. The fourth-order valence-corrected chi connectivity index (χ4v) is 4.09. The normalized spacial score (nSPS) is 14.9. The Morgan fingerprint density at radius 3 is 2.53 bits per heavy atom. The van der Waals surface area contributed by atoms with Crippen molar-refractivity contribution in [2.75, 3.05) is 33.3 Å². The van der Waals surface area contributed by atoms with Gasteiger partial charge in [-0.3, -0.25) is 9.78 Å². The molecule has 2 heterocycles. The van der Waals surface area contributed by atoms with E-state index in [4.69, 9.17) is 9.47 Å². The van der Waals surface area contributed by atoms with Crippen LogP contribution in [-0.4, -0.2) is 65.7 Å². The van der Waals surface area contributed by atoms with Crippen molar-refractivity contribution in [3.63, 3.8) is 0 Å². The van der Waals surface area contributed by atoms with Gasteiger partial charge in [0.25, 0.3) is 5.91 Å². The standard InChI is InChI=1S/C29H33N3O4/c1-29(2,3)36-28(34)32-14-13-31(4)27(33)23-8-5-7-21(17-23)18-25-19-22(24-9-6-12-30-20-24)10-11-26(25)35-16-15-32/h5-12,17,19-20H,13-16,18H2,1-4H3. The summed E-state index contributed by atoms with van der Waals surface area (Å²) in [4.78, 5) is 33.5. The summed E-state index contributed by atoms with van der Waals surface area (Å²) >= 11 is 0. The maximum atomic E-state index is 13.1. The van der Waals surface area contributed by atoms with Crippen LogP contribution in [0.5, 0.6) is 5.75 Å². The molecule has 1 aliphatic heterocycles. The number of hydrogen-bond acceptors (Lipinski definition) is 5. The Hall–Kier alpha value is -3.87. The quantitative estimate of drug-likeness (QED) is 0.481. The van der Waals surface area contributed by atoms with E-state index in [1.54, 1.807) is 23.0 Å². The first-order valence-corrected chi connectivity index (χ1v) is 12.2. The zero-order chi connectivity index (χ0) is 25.7. The fourth-order valence-electron chi connectivity index (χ4n) is 4.09. The number of pyridine rings is 1. The van der Waals surface area contributed by atoms with Crippen molar-refractivity contribution in [2.45, 2.75) is 32.8 Å². The molecule has 0 spiro atoms. The van der Waals surface area contributed by atoms with Crippen molar-refractivity contribution in [3.8, 4) is 16.9 Å². The Balaban J connectivity index is 1.68. The summed E-state index contributed by atoms with van der Waals surface area (Å²) in [5.74, 6) is 0.663. The molecule has 1 aliphatic rings. The van der Waals surface area contributed by atoms with Crippen LogP contribution in [0.3, 0.4) is 0 Å². The number of hydrogen-bond donors (Lipinski definition) is 0. The first-order chi connectivity index (χ1) is 17.2. The molecule has 0 unspecified atom stereocenters. The van der Waals surface area contributed by atoms with E-state index in [2.05, 4.69) is 11.1 Å². The predicted octanol–water partition coefficient (Wildman–Crippen LogP) is 5.04. The number of carbonyl (C=O) groups is 2. The second kappa shape index (κ2) is 10.8. The molecular weight excluding hydrogens is 454 g/mol. The topological polar surface area (TPSA) is 72.0 Å². The van der Waals surface area contributed by atoms with E-state index in [-0.39, 0.29) is 5.91 Å². The number of rotatable bonds is 1. The smallest absolute Gasteiger partial charge is 0.410 e. The van der Waals surface area contributed by atoms with Gasteiger partial charge in [0.2, 0.25) is 0 Å². The second-order valence-electron chi connectivity index (χ2n) is 9.98. The summed E-state index contributed by atoms with van der Waals surface area (Å²) in [5.41, 5.74) is 4.07. The molecule has 2 amide bonds. The van der Waals surface area contributed by atoms with Gasteiger partial charge in [-0.15, -0.1) is 0 Å². The van der Waals surface area contributed by atoms with Gasteiger partial charge in [0.1, 0.15) is 18.0 Å². The van der Waals surface area contributed by atoms with Crippen molar-refractivity contribution < 1.29 is 19.1 Å². The van der Waals surface area contributed by atoms with Crippen LogP contribution in [0.1, 0.15) is 42.3 Å². The molecule has 0 saturated heterocycles.